The predicted molar refractivity (Wildman–Crippen MR) is 68.2 cm³/mol. The van der Waals surface area contributed by atoms with Gasteiger partial charge in [0.25, 0.3) is 0 Å². The molecule has 2 N–H and O–H groups in total. The van der Waals surface area contributed by atoms with E-state index in [1.165, 1.54) is 15.6 Å². The van der Waals surface area contributed by atoms with E-state index in [0.717, 1.165) is 12.8 Å². The molecule has 0 amide bonds. The fraction of sp³-hybridized carbons (Fsp3) is 0.231. The Kier molecular flexibility index (Phi) is 3.19. The number of hydrogen-bond acceptors (Lipinski definition) is 2. The zero-order valence-electron chi connectivity index (χ0n) is 8.65. The molecule has 0 aliphatic rings. The highest BCUT2D eigenvalue weighted by atomic mass is 32.1. The van der Waals surface area contributed by atoms with Crippen LogP contribution in [0.2, 0.25) is 0 Å². The van der Waals surface area contributed by atoms with Crippen LogP contribution < -0.4 is 5.73 Å². The molecule has 0 saturated heterocycles. The third-order valence-corrected chi connectivity index (χ3v) is 3.57. The number of benzene rings is 1. The van der Waals surface area contributed by atoms with Gasteiger partial charge in [-0.15, -0.1) is 17.9 Å². The fourth-order valence-electron chi connectivity index (χ4n) is 1.74. The van der Waals surface area contributed by atoms with Gasteiger partial charge in [-0.1, -0.05) is 24.3 Å². The van der Waals surface area contributed by atoms with Crippen molar-refractivity contribution >= 4 is 21.4 Å². The zero-order valence-corrected chi connectivity index (χ0v) is 9.46. The third-order valence-electron chi connectivity index (χ3n) is 2.59. The van der Waals surface area contributed by atoms with Gasteiger partial charge in [-0.3, -0.25) is 0 Å². The molecule has 1 aromatic heterocycles. The molecule has 1 nitrogen and oxygen atoms in total. The summed E-state index contributed by atoms with van der Waals surface area (Å²) in [6.45, 7) is 3.72. The first-order chi connectivity index (χ1) is 7.33. The van der Waals surface area contributed by atoms with Crippen molar-refractivity contribution in [1.29, 1.82) is 0 Å². The van der Waals surface area contributed by atoms with E-state index < -0.39 is 0 Å². The number of allylic oxidation sites excluding steroid dienone is 1. The highest BCUT2D eigenvalue weighted by Gasteiger charge is 2.10. The van der Waals surface area contributed by atoms with Crippen LogP contribution in [0.25, 0.3) is 10.1 Å². The van der Waals surface area contributed by atoms with Gasteiger partial charge in [0.2, 0.25) is 0 Å². The molecule has 1 atom stereocenters. The lowest BCUT2D eigenvalue weighted by Crippen LogP contribution is -2.08. The Morgan fingerprint density at radius 3 is 3.00 bits per heavy atom. The first-order valence-electron chi connectivity index (χ1n) is 5.15. The number of fused-ring (bicyclic) bond motifs is 1. The average Bonchev–Trinajstić information content (AvgIpc) is 2.69. The van der Waals surface area contributed by atoms with Crippen molar-refractivity contribution in [3.63, 3.8) is 0 Å². The van der Waals surface area contributed by atoms with Gasteiger partial charge < -0.3 is 5.73 Å². The van der Waals surface area contributed by atoms with Gasteiger partial charge in [-0.2, -0.15) is 0 Å². The number of hydrogen-bond donors (Lipinski definition) is 1. The topological polar surface area (TPSA) is 26.0 Å². The summed E-state index contributed by atoms with van der Waals surface area (Å²) in [5, 5.41) is 3.48. The van der Waals surface area contributed by atoms with E-state index >= 15 is 0 Å². The van der Waals surface area contributed by atoms with Crippen LogP contribution in [0.3, 0.4) is 0 Å². The molecule has 0 aliphatic carbocycles. The lowest BCUT2D eigenvalue weighted by molar-refractivity contribution is 0.668. The van der Waals surface area contributed by atoms with Gasteiger partial charge in [0.1, 0.15) is 0 Å². The Morgan fingerprint density at radius 1 is 1.40 bits per heavy atom. The van der Waals surface area contributed by atoms with Crippen molar-refractivity contribution in [2.24, 2.45) is 5.73 Å². The molecule has 2 aromatic rings. The van der Waals surface area contributed by atoms with Crippen molar-refractivity contribution in [2.75, 3.05) is 0 Å². The van der Waals surface area contributed by atoms with Gasteiger partial charge in [0.05, 0.1) is 0 Å². The van der Waals surface area contributed by atoms with Crippen molar-refractivity contribution in [3.05, 3.63) is 47.9 Å². The van der Waals surface area contributed by atoms with Crippen molar-refractivity contribution in [3.8, 4) is 0 Å². The summed E-state index contributed by atoms with van der Waals surface area (Å²) >= 11 is 1.77. The average molecular weight is 217 g/mol. The molecule has 0 bridgehead atoms. The monoisotopic (exact) mass is 217 g/mol. The summed E-state index contributed by atoms with van der Waals surface area (Å²) in [6.07, 6.45) is 3.88. The standard InChI is InChI=1S/C13H15NS/c1-2-3-7-12(14)11-9-15-13-8-5-4-6-10(11)13/h2,4-6,8-9,12H,1,3,7,14H2. The molecular formula is C13H15NS. The van der Waals surface area contributed by atoms with Gasteiger partial charge >= 0.3 is 0 Å². The molecule has 1 aromatic carbocycles. The maximum Gasteiger partial charge on any atom is 0.0346 e. The van der Waals surface area contributed by atoms with Crippen LogP contribution in [-0.2, 0) is 0 Å². The maximum atomic E-state index is 6.15. The third kappa shape index (κ3) is 2.11. The minimum Gasteiger partial charge on any atom is -0.324 e. The van der Waals surface area contributed by atoms with Crippen molar-refractivity contribution in [2.45, 2.75) is 18.9 Å². The lowest BCUT2D eigenvalue weighted by Gasteiger charge is -2.08. The van der Waals surface area contributed by atoms with Crippen molar-refractivity contribution < 1.29 is 0 Å². The summed E-state index contributed by atoms with van der Waals surface area (Å²) in [4.78, 5) is 0. The smallest absolute Gasteiger partial charge is 0.0346 e. The molecule has 15 heavy (non-hydrogen) atoms. The molecule has 1 heterocycles. The molecule has 78 valence electrons. The van der Waals surface area contributed by atoms with Crippen molar-refractivity contribution in [1.82, 2.24) is 0 Å². The van der Waals surface area contributed by atoms with E-state index in [0.29, 0.717) is 0 Å². The van der Waals surface area contributed by atoms with Crippen LogP contribution in [0.5, 0.6) is 0 Å². The van der Waals surface area contributed by atoms with E-state index in [4.69, 9.17) is 5.73 Å². The Bertz CT molecular complexity index is 458. The van der Waals surface area contributed by atoms with E-state index in [1.807, 2.05) is 6.08 Å². The van der Waals surface area contributed by atoms with Crippen LogP contribution in [0.1, 0.15) is 24.4 Å². The first-order valence-corrected chi connectivity index (χ1v) is 6.03. The maximum absolute atomic E-state index is 6.15. The van der Waals surface area contributed by atoms with Gasteiger partial charge in [-0.25, -0.2) is 0 Å². The molecule has 0 aliphatic heterocycles. The molecule has 0 saturated carbocycles. The van der Waals surface area contributed by atoms with Crippen LogP contribution in [0.4, 0.5) is 0 Å². The van der Waals surface area contributed by atoms with E-state index in [1.54, 1.807) is 11.3 Å². The summed E-state index contributed by atoms with van der Waals surface area (Å²) in [6, 6.07) is 8.56. The molecule has 0 fully saturated rings. The van der Waals surface area contributed by atoms with Gasteiger partial charge in [0, 0.05) is 10.7 Å². The number of rotatable bonds is 4. The number of nitrogens with two attached hydrogens (primary N) is 1. The quantitative estimate of drug-likeness (QED) is 0.773. The summed E-state index contributed by atoms with van der Waals surface area (Å²) in [5.41, 5.74) is 7.43. The fourth-order valence-corrected chi connectivity index (χ4v) is 2.76. The molecule has 2 rings (SSSR count). The van der Waals surface area contributed by atoms with Crippen LogP contribution in [0, 0.1) is 0 Å². The van der Waals surface area contributed by atoms with E-state index in [-0.39, 0.29) is 6.04 Å². The van der Waals surface area contributed by atoms with E-state index in [9.17, 15) is 0 Å². The second kappa shape index (κ2) is 4.60. The molecule has 2 heteroatoms. The predicted octanol–water partition coefficient (Wildman–Crippen LogP) is 3.87. The Labute approximate surface area is 94.2 Å². The Morgan fingerprint density at radius 2 is 2.20 bits per heavy atom. The highest BCUT2D eigenvalue weighted by molar-refractivity contribution is 7.17. The van der Waals surface area contributed by atoms with Crippen LogP contribution >= 0.6 is 11.3 Å². The summed E-state index contributed by atoms with van der Waals surface area (Å²) < 4.78 is 1.32. The van der Waals surface area contributed by atoms with Gasteiger partial charge in [-0.05, 0) is 35.2 Å². The normalized spacial score (nSPS) is 12.9. The Hall–Kier alpha value is -1.12. The van der Waals surface area contributed by atoms with Crippen LogP contribution in [0.15, 0.2) is 42.3 Å². The summed E-state index contributed by atoms with van der Waals surface area (Å²) in [7, 11) is 0. The van der Waals surface area contributed by atoms with E-state index in [2.05, 4.69) is 36.2 Å². The number of thiophene rings is 1. The van der Waals surface area contributed by atoms with Gasteiger partial charge in [0.15, 0.2) is 0 Å². The van der Waals surface area contributed by atoms with Crippen LogP contribution in [-0.4, -0.2) is 0 Å². The Balaban J connectivity index is 2.30. The second-order valence-electron chi connectivity index (χ2n) is 3.66. The highest BCUT2D eigenvalue weighted by Crippen LogP contribution is 2.30. The molecule has 0 radical (unpaired) electrons. The summed E-state index contributed by atoms with van der Waals surface area (Å²) in [5.74, 6) is 0. The molecule has 0 spiro atoms. The zero-order chi connectivity index (χ0) is 10.7. The largest absolute Gasteiger partial charge is 0.324 e. The lowest BCUT2D eigenvalue weighted by atomic mass is 10.0. The molecule has 1 unspecified atom stereocenters. The first kappa shape index (κ1) is 10.4. The second-order valence-corrected chi connectivity index (χ2v) is 4.57. The minimum absolute atomic E-state index is 0.138. The molecular weight excluding hydrogens is 202 g/mol. The SMILES string of the molecule is C=CCCC(N)c1csc2ccccc12. The minimum atomic E-state index is 0.138.